The van der Waals surface area contributed by atoms with E-state index >= 15 is 0 Å². The van der Waals surface area contributed by atoms with Crippen LogP contribution in [0.2, 0.25) is 0 Å². The van der Waals surface area contributed by atoms with Crippen LogP contribution >= 0.6 is 0 Å². The van der Waals surface area contributed by atoms with E-state index in [2.05, 4.69) is 29.6 Å². The van der Waals surface area contributed by atoms with E-state index in [0.717, 1.165) is 18.4 Å². The minimum atomic E-state index is 0.151. The van der Waals surface area contributed by atoms with Gasteiger partial charge in [-0.25, -0.2) is 0 Å². The number of ether oxygens (including phenoxy) is 1. The Hall–Kier alpha value is -0.860. The smallest absolute Gasteiger partial charge is 0.0802 e. The Morgan fingerprint density at radius 2 is 1.71 bits per heavy atom. The quantitative estimate of drug-likeness (QED) is 0.916. The number of benzene rings is 1. The van der Waals surface area contributed by atoms with Gasteiger partial charge in [-0.1, -0.05) is 24.3 Å². The van der Waals surface area contributed by atoms with Crippen molar-refractivity contribution in [2.24, 2.45) is 11.8 Å². The normalized spacial score (nSPS) is 33.1. The number of fused-ring (bicyclic) bond motifs is 3. The Morgan fingerprint density at radius 1 is 1.10 bits per heavy atom. The topological polar surface area (TPSA) is 21.3 Å². The van der Waals surface area contributed by atoms with Crippen LogP contribution in [0.5, 0.6) is 0 Å². The molecule has 114 valence electrons. The fourth-order valence-corrected chi connectivity index (χ4v) is 4.81. The summed E-state index contributed by atoms with van der Waals surface area (Å²) in [6, 6.07) is 9.79. The van der Waals surface area contributed by atoms with Gasteiger partial charge >= 0.3 is 0 Å². The Bertz CT molecular complexity index is 470. The molecule has 2 nitrogen and oxygen atoms in total. The van der Waals surface area contributed by atoms with Crippen LogP contribution < -0.4 is 5.32 Å². The molecule has 0 spiro atoms. The minimum Gasteiger partial charge on any atom is -0.377 e. The molecule has 2 fully saturated rings. The Balaban J connectivity index is 1.48. The molecule has 0 radical (unpaired) electrons. The van der Waals surface area contributed by atoms with E-state index in [4.69, 9.17) is 4.74 Å². The van der Waals surface area contributed by atoms with Gasteiger partial charge in [-0.2, -0.15) is 0 Å². The van der Waals surface area contributed by atoms with Gasteiger partial charge in [0, 0.05) is 19.7 Å². The highest BCUT2D eigenvalue weighted by molar-refractivity contribution is 5.30. The molecule has 2 bridgehead atoms. The van der Waals surface area contributed by atoms with Crippen molar-refractivity contribution in [2.45, 2.75) is 56.6 Å². The van der Waals surface area contributed by atoms with E-state index in [9.17, 15) is 0 Å². The molecule has 0 aliphatic heterocycles. The average Bonchev–Trinajstić information content (AvgIpc) is 2.73. The van der Waals surface area contributed by atoms with Crippen molar-refractivity contribution in [3.63, 3.8) is 0 Å². The third kappa shape index (κ3) is 2.43. The number of hydrogen-bond acceptors (Lipinski definition) is 2. The van der Waals surface area contributed by atoms with E-state index in [0.29, 0.717) is 6.04 Å². The van der Waals surface area contributed by atoms with Crippen LogP contribution in [-0.2, 0) is 17.6 Å². The van der Waals surface area contributed by atoms with Crippen LogP contribution in [0.25, 0.3) is 0 Å². The second-order valence-electron chi connectivity index (χ2n) is 7.42. The van der Waals surface area contributed by atoms with Gasteiger partial charge in [0.1, 0.15) is 0 Å². The molecule has 3 aliphatic carbocycles. The monoisotopic (exact) mass is 285 g/mol. The van der Waals surface area contributed by atoms with Crippen LogP contribution in [0.3, 0.4) is 0 Å². The summed E-state index contributed by atoms with van der Waals surface area (Å²) < 4.78 is 5.79. The summed E-state index contributed by atoms with van der Waals surface area (Å²) in [5.74, 6) is 1.65. The Morgan fingerprint density at radius 3 is 2.19 bits per heavy atom. The first kappa shape index (κ1) is 13.8. The lowest BCUT2D eigenvalue weighted by molar-refractivity contribution is -0.0720. The lowest BCUT2D eigenvalue weighted by Gasteiger charge is -2.42. The summed E-state index contributed by atoms with van der Waals surface area (Å²) in [7, 11) is 1.89. The molecular formula is C19H27NO. The first-order valence-corrected chi connectivity index (χ1v) is 8.65. The molecule has 2 saturated carbocycles. The van der Waals surface area contributed by atoms with Gasteiger partial charge in [0.05, 0.1) is 5.60 Å². The summed E-state index contributed by atoms with van der Waals surface area (Å²) in [6.07, 6.45) is 9.14. The highest BCUT2D eigenvalue weighted by Crippen LogP contribution is 2.41. The van der Waals surface area contributed by atoms with Crippen molar-refractivity contribution in [1.29, 1.82) is 0 Å². The van der Waals surface area contributed by atoms with Crippen molar-refractivity contribution < 1.29 is 4.74 Å². The molecule has 3 aliphatic rings. The largest absolute Gasteiger partial charge is 0.377 e. The standard InChI is InChI=1S/C19H27NO/c1-21-19(9-4-10-19)13-20-18-16-7-8-17(18)12-15-6-3-2-5-14(15)11-16/h2-3,5-6,16-18,20H,4,7-13H2,1H3. The molecule has 1 N–H and O–H groups in total. The molecule has 2 atom stereocenters. The molecule has 0 amide bonds. The number of hydrogen-bond donors (Lipinski definition) is 1. The first-order valence-electron chi connectivity index (χ1n) is 8.65. The van der Waals surface area contributed by atoms with E-state index in [1.54, 1.807) is 11.1 Å². The fourth-order valence-electron chi connectivity index (χ4n) is 4.81. The summed E-state index contributed by atoms with van der Waals surface area (Å²) >= 11 is 0. The van der Waals surface area contributed by atoms with Gasteiger partial charge in [0.15, 0.2) is 0 Å². The SMILES string of the molecule is COC1(CNC2C3CCC2Cc2ccccc2C3)CCC1. The zero-order valence-electron chi connectivity index (χ0n) is 13.1. The second-order valence-corrected chi connectivity index (χ2v) is 7.42. The van der Waals surface area contributed by atoms with Crippen LogP contribution in [0.4, 0.5) is 0 Å². The maximum absolute atomic E-state index is 5.79. The van der Waals surface area contributed by atoms with Crippen LogP contribution in [0.1, 0.15) is 43.2 Å². The summed E-state index contributed by atoms with van der Waals surface area (Å²) in [4.78, 5) is 0. The molecule has 1 aromatic rings. The number of methoxy groups -OCH3 is 1. The molecule has 4 rings (SSSR count). The molecule has 1 aromatic carbocycles. The lowest BCUT2D eigenvalue weighted by atomic mass is 9.79. The Kier molecular flexibility index (Phi) is 3.55. The minimum absolute atomic E-state index is 0.151. The highest BCUT2D eigenvalue weighted by Gasteiger charge is 2.42. The zero-order valence-corrected chi connectivity index (χ0v) is 13.1. The zero-order chi connectivity index (χ0) is 14.3. The Labute approximate surface area is 128 Å². The summed E-state index contributed by atoms with van der Waals surface area (Å²) in [5.41, 5.74) is 3.35. The molecule has 0 saturated heterocycles. The van der Waals surface area contributed by atoms with Gasteiger partial charge < -0.3 is 10.1 Å². The van der Waals surface area contributed by atoms with Gasteiger partial charge in [0.25, 0.3) is 0 Å². The van der Waals surface area contributed by atoms with Gasteiger partial charge in [-0.05, 0) is 67.9 Å². The van der Waals surface area contributed by atoms with E-state index in [1.165, 1.54) is 44.9 Å². The van der Waals surface area contributed by atoms with Crippen LogP contribution in [-0.4, -0.2) is 25.3 Å². The van der Waals surface area contributed by atoms with E-state index in [-0.39, 0.29) is 5.60 Å². The average molecular weight is 285 g/mol. The first-order chi connectivity index (χ1) is 10.3. The van der Waals surface area contributed by atoms with Gasteiger partial charge in [-0.15, -0.1) is 0 Å². The number of nitrogens with one attached hydrogen (secondary N) is 1. The maximum atomic E-state index is 5.79. The predicted octanol–water partition coefficient (Wildman–Crippen LogP) is 3.34. The highest BCUT2D eigenvalue weighted by atomic mass is 16.5. The van der Waals surface area contributed by atoms with Crippen molar-refractivity contribution in [3.8, 4) is 0 Å². The molecule has 21 heavy (non-hydrogen) atoms. The van der Waals surface area contributed by atoms with Gasteiger partial charge in [0.2, 0.25) is 0 Å². The predicted molar refractivity (Wildman–Crippen MR) is 85.4 cm³/mol. The van der Waals surface area contributed by atoms with Gasteiger partial charge in [-0.3, -0.25) is 0 Å². The fraction of sp³-hybridized carbons (Fsp3) is 0.684. The van der Waals surface area contributed by atoms with Crippen molar-refractivity contribution in [2.75, 3.05) is 13.7 Å². The summed E-state index contributed by atoms with van der Waals surface area (Å²) in [5, 5.41) is 3.93. The van der Waals surface area contributed by atoms with Crippen LogP contribution in [0, 0.1) is 11.8 Å². The third-order valence-electron chi connectivity index (χ3n) is 6.36. The maximum Gasteiger partial charge on any atom is 0.0802 e. The van der Waals surface area contributed by atoms with E-state index < -0.39 is 0 Å². The van der Waals surface area contributed by atoms with Crippen molar-refractivity contribution in [1.82, 2.24) is 5.32 Å². The number of rotatable bonds is 4. The van der Waals surface area contributed by atoms with Crippen molar-refractivity contribution >= 4 is 0 Å². The lowest BCUT2D eigenvalue weighted by Crippen LogP contribution is -2.52. The molecule has 0 heterocycles. The molecule has 2 heteroatoms. The summed E-state index contributed by atoms with van der Waals surface area (Å²) in [6.45, 7) is 1.05. The van der Waals surface area contributed by atoms with Crippen LogP contribution in [0.15, 0.2) is 24.3 Å². The molecule has 2 unspecified atom stereocenters. The molecule has 0 aromatic heterocycles. The molecular weight excluding hydrogens is 258 g/mol. The van der Waals surface area contributed by atoms with E-state index in [1.807, 2.05) is 7.11 Å². The third-order valence-corrected chi connectivity index (χ3v) is 6.36. The van der Waals surface area contributed by atoms with Crippen molar-refractivity contribution in [3.05, 3.63) is 35.4 Å². The second kappa shape index (κ2) is 5.40.